The largest absolute Gasteiger partial charge is 0.293 e. The van der Waals surface area contributed by atoms with E-state index in [9.17, 15) is 14.4 Å². The van der Waals surface area contributed by atoms with Crippen molar-refractivity contribution < 1.29 is 14.4 Å². The molecule has 2 aliphatic rings. The number of benzene rings is 2. The minimum Gasteiger partial charge on any atom is -0.293 e. The molecule has 2 amide bonds. The number of hydrazine groups is 1. The first-order chi connectivity index (χ1) is 12.9. The molecule has 136 valence electrons. The van der Waals surface area contributed by atoms with E-state index in [0.29, 0.717) is 16.4 Å². The standard InChI is InChI=1S/C20H16ClN3O3/c1-11-7-9-13(10-8-11)24-18-16(17(22-24)12(2)25)19(26)23(20(18)27)15-6-4-3-5-14(15)21/h3-10,18,22H,1-2H3/t18-/m0/s1. The van der Waals surface area contributed by atoms with E-state index in [0.717, 1.165) is 10.5 Å². The van der Waals surface area contributed by atoms with Crippen molar-refractivity contribution in [2.75, 3.05) is 9.91 Å². The Morgan fingerprint density at radius 2 is 1.74 bits per heavy atom. The number of para-hydroxylation sites is 1. The summed E-state index contributed by atoms with van der Waals surface area (Å²) in [6, 6.07) is 13.2. The molecule has 0 saturated carbocycles. The van der Waals surface area contributed by atoms with E-state index in [2.05, 4.69) is 5.43 Å². The molecule has 0 aliphatic carbocycles. The molecule has 27 heavy (non-hydrogen) atoms. The van der Waals surface area contributed by atoms with Crippen LogP contribution in [-0.4, -0.2) is 23.6 Å². The highest BCUT2D eigenvalue weighted by Crippen LogP contribution is 2.38. The van der Waals surface area contributed by atoms with Crippen molar-refractivity contribution in [3.05, 3.63) is 70.4 Å². The summed E-state index contributed by atoms with van der Waals surface area (Å²) in [6.45, 7) is 3.32. The molecule has 2 heterocycles. The number of anilines is 2. The first kappa shape index (κ1) is 17.3. The molecule has 2 aromatic rings. The van der Waals surface area contributed by atoms with Gasteiger partial charge in [0.1, 0.15) is 5.70 Å². The number of allylic oxidation sites excluding steroid dienone is 1. The van der Waals surface area contributed by atoms with Crippen molar-refractivity contribution >= 4 is 40.6 Å². The van der Waals surface area contributed by atoms with E-state index >= 15 is 0 Å². The number of aryl methyl sites for hydroxylation is 1. The highest BCUT2D eigenvalue weighted by atomic mass is 35.5. The summed E-state index contributed by atoms with van der Waals surface area (Å²) in [6.07, 6.45) is 0. The molecule has 6 nitrogen and oxygen atoms in total. The predicted molar refractivity (Wildman–Crippen MR) is 102 cm³/mol. The molecule has 4 rings (SSSR count). The van der Waals surface area contributed by atoms with Gasteiger partial charge in [-0.05, 0) is 31.2 Å². The van der Waals surface area contributed by atoms with Crippen LogP contribution in [0.2, 0.25) is 5.02 Å². The molecule has 0 aromatic heterocycles. The zero-order valence-corrected chi connectivity index (χ0v) is 15.4. The molecule has 7 heteroatoms. The molecular formula is C20H16ClN3O3. The van der Waals surface area contributed by atoms with Gasteiger partial charge in [0, 0.05) is 6.92 Å². The molecule has 2 aliphatic heterocycles. The third kappa shape index (κ3) is 2.61. The minimum absolute atomic E-state index is 0.133. The zero-order valence-electron chi connectivity index (χ0n) is 14.7. The van der Waals surface area contributed by atoms with Gasteiger partial charge in [-0.2, -0.15) is 0 Å². The Balaban J connectivity index is 1.84. The summed E-state index contributed by atoms with van der Waals surface area (Å²) in [5.41, 5.74) is 5.27. The molecule has 0 radical (unpaired) electrons. The van der Waals surface area contributed by atoms with Crippen LogP contribution in [0.1, 0.15) is 12.5 Å². The Labute approximate surface area is 161 Å². The summed E-state index contributed by atoms with van der Waals surface area (Å²) in [4.78, 5) is 39.4. The van der Waals surface area contributed by atoms with Crippen LogP contribution in [-0.2, 0) is 14.4 Å². The summed E-state index contributed by atoms with van der Waals surface area (Å²) < 4.78 is 0. The Morgan fingerprint density at radius 3 is 2.37 bits per heavy atom. The number of ketones is 1. The van der Waals surface area contributed by atoms with Gasteiger partial charge in [0.2, 0.25) is 0 Å². The van der Waals surface area contributed by atoms with Crippen LogP contribution in [0.4, 0.5) is 11.4 Å². The lowest BCUT2D eigenvalue weighted by atomic mass is 10.1. The maximum absolute atomic E-state index is 13.2. The summed E-state index contributed by atoms with van der Waals surface area (Å²) >= 11 is 6.20. The Hall–Kier alpha value is -3.12. The smallest absolute Gasteiger partial charge is 0.266 e. The molecule has 1 N–H and O–H groups in total. The molecule has 2 aromatic carbocycles. The van der Waals surface area contributed by atoms with Gasteiger partial charge < -0.3 is 0 Å². The Bertz CT molecular complexity index is 1010. The third-order valence-corrected chi connectivity index (χ3v) is 5.00. The topological polar surface area (TPSA) is 69.7 Å². The van der Waals surface area contributed by atoms with Gasteiger partial charge in [-0.25, -0.2) is 4.90 Å². The highest BCUT2D eigenvalue weighted by molar-refractivity contribution is 6.39. The lowest BCUT2D eigenvalue weighted by Crippen LogP contribution is -2.46. The van der Waals surface area contributed by atoms with E-state index in [1.807, 2.05) is 31.2 Å². The van der Waals surface area contributed by atoms with Crippen molar-refractivity contribution in [2.24, 2.45) is 0 Å². The van der Waals surface area contributed by atoms with E-state index in [1.54, 1.807) is 29.3 Å². The lowest BCUT2D eigenvalue weighted by Gasteiger charge is -2.26. The lowest BCUT2D eigenvalue weighted by molar-refractivity contribution is -0.121. The normalized spacial score (nSPS) is 18.9. The minimum atomic E-state index is -0.921. The third-order valence-electron chi connectivity index (χ3n) is 4.68. The van der Waals surface area contributed by atoms with Crippen LogP contribution in [0.5, 0.6) is 0 Å². The fourth-order valence-electron chi connectivity index (χ4n) is 3.36. The van der Waals surface area contributed by atoms with Crippen LogP contribution in [0.25, 0.3) is 0 Å². The van der Waals surface area contributed by atoms with E-state index in [4.69, 9.17) is 11.6 Å². The van der Waals surface area contributed by atoms with Crippen LogP contribution < -0.4 is 15.3 Å². The number of carbonyl (C=O) groups is 3. The maximum atomic E-state index is 13.2. The molecule has 1 saturated heterocycles. The van der Waals surface area contributed by atoms with Gasteiger partial charge >= 0.3 is 0 Å². The van der Waals surface area contributed by atoms with E-state index in [-0.39, 0.29) is 17.1 Å². The van der Waals surface area contributed by atoms with Crippen LogP contribution in [0, 0.1) is 6.92 Å². The number of carbonyl (C=O) groups excluding carboxylic acids is 3. The second-order valence-electron chi connectivity index (χ2n) is 6.49. The molecule has 0 bridgehead atoms. The quantitative estimate of drug-likeness (QED) is 0.828. The van der Waals surface area contributed by atoms with Crippen molar-refractivity contribution in [3.8, 4) is 0 Å². The number of amides is 2. The van der Waals surface area contributed by atoms with Gasteiger partial charge in [-0.3, -0.25) is 24.8 Å². The number of halogens is 1. The van der Waals surface area contributed by atoms with Gasteiger partial charge in [0.25, 0.3) is 11.8 Å². The van der Waals surface area contributed by atoms with Crippen molar-refractivity contribution in [2.45, 2.75) is 19.9 Å². The fraction of sp³-hybridized carbons (Fsp3) is 0.150. The molecule has 1 fully saturated rings. The summed E-state index contributed by atoms with van der Waals surface area (Å²) in [7, 11) is 0. The average molecular weight is 382 g/mol. The average Bonchev–Trinajstić information content (AvgIpc) is 3.15. The Kier molecular flexibility index (Phi) is 4.00. The van der Waals surface area contributed by atoms with Crippen molar-refractivity contribution in [1.82, 2.24) is 5.43 Å². The number of rotatable bonds is 3. The van der Waals surface area contributed by atoms with E-state index in [1.165, 1.54) is 6.92 Å². The summed E-state index contributed by atoms with van der Waals surface area (Å²) in [5, 5.41) is 1.85. The second kappa shape index (κ2) is 6.25. The maximum Gasteiger partial charge on any atom is 0.266 e. The molecule has 1 atom stereocenters. The highest BCUT2D eigenvalue weighted by Gasteiger charge is 2.53. The van der Waals surface area contributed by atoms with Gasteiger partial charge in [0.15, 0.2) is 11.8 Å². The predicted octanol–water partition coefficient (Wildman–Crippen LogP) is 2.76. The number of hydrogen-bond acceptors (Lipinski definition) is 5. The second-order valence-corrected chi connectivity index (χ2v) is 6.90. The van der Waals surface area contributed by atoms with Crippen molar-refractivity contribution in [1.29, 1.82) is 0 Å². The van der Waals surface area contributed by atoms with Crippen LogP contribution in [0.3, 0.4) is 0 Å². The first-order valence-corrected chi connectivity index (χ1v) is 8.78. The summed E-state index contributed by atoms with van der Waals surface area (Å²) in [5.74, 6) is -1.30. The molecule has 0 unspecified atom stereocenters. The zero-order chi connectivity index (χ0) is 19.3. The number of imide groups is 1. The number of Topliss-reactive ketones (excluding diaryl/α,β-unsaturated/α-hetero) is 1. The van der Waals surface area contributed by atoms with Gasteiger partial charge in [-0.15, -0.1) is 0 Å². The van der Waals surface area contributed by atoms with Crippen molar-refractivity contribution in [3.63, 3.8) is 0 Å². The van der Waals surface area contributed by atoms with Gasteiger partial charge in [-0.1, -0.05) is 41.4 Å². The fourth-order valence-corrected chi connectivity index (χ4v) is 3.58. The number of nitrogens with one attached hydrogen (secondary N) is 1. The SMILES string of the molecule is CC(=O)C1=C2C(=O)N(c3ccccc3Cl)C(=O)[C@H]2N(c2ccc(C)cc2)N1. The Morgan fingerprint density at radius 1 is 1.07 bits per heavy atom. The molecule has 0 spiro atoms. The number of fused-ring (bicyclic) bond motifs is 1. The van der Waals surface area contributed by atoms with Crippen LogP contribution >= 0.6 is 11.6 Å². The number of hydrogen-bond donors (Lipinski definition) is 1. The number of nitrogens with zero attached hydrogens (tertiary/aromatic N) is 2. The van der Waals surface area contributed by atoms with Crippen LogP contribution in [0.15, 0.2) is 59.8 Å². The monoisotopic (exact) mass is 381 g/mol. The molecular weight excluding hydrogens is 366 g/mol. The van der Waals surface area contributed by atoms with Gasteiger partial charge in [0.05, 0.1) is 22.0 Å². The first-order valence-electron chi connectivity index (χ1n) is 8.40. The van der Waals surface area contributed by atoms with E-state index < -0.39 is 17.9 Å².